The first kappa shape index (κ1) is 12.4. The summed E-state index contributed by atoms with van der Waals surface area (Å²) < 4.78 is 4.73. The number of nitrogens with zero attached hydrogens (tertiary/aromatic N) is 3. The van der Waals surface area contributed by atoms with E-state index in [1.54, 1.807) is 0 Å². The highest BCUT2D eigenvalue weighted by Crippen LogP contribution is 2.20. The Morgan fingerprint density at radius 3 is 3.11 bits per heavy atom. The predicted octanol–water partition coefficient (Wildman–Crippen LogP) is 1.85. The van der Waals surface area contributed by atoms with Crippen molar-refractivity contribution in [1.82, 2.24) is 15.2 Å². The van der Waals surface area contributed by atoms with Crippen molar-refractivity contribution in [2.75, 3.05) is 19.0 Å². The molecule has 0 bridgehead atoms. The summed E-state index contributed by atoms with van der Waals surface area (Å²) in [6, 6.07) is 5.78. The number of hydrogen-bond acceptors (Lipinski definition) is 4. The molecule has 1 unspecified atom stereocenters. The Morgan fingerprint density at radius 2 is 2.32 bits per heavy atom. The SMILES string of the molecule is O=C1CC(CCl)CN1CCc1cccc2nonc12. The Labute approximate surface area is 115 Å². The van der Waals surface area contributed by atoms with E-state index in [2.05, 4.69) is 10.3 Å². The van der Waals surface area contributed by atoms with E-state index in [1.807, 2.05) is 23.1 Å². The Hall–Kier alpha value is -1.62. The van der Waals surface area contributed by atoms with E-state index in [0.29, 0.717) is 24.8 Å². The van der Waals surface area contributed by atoms with E-state index < -0.39 is 0 Å². The molecule has 1 fully saturated rings. The minimum atomic E-state index is 0.191. The molecule has 100 valence electrons. The van der Waals surface area contributed by atoms with Crippen molar-refractivity contribution < 1.29 is 9.42 Å². The van der Waals surface area contributed by atoms with Crippen molar-refractivity contribution in [2.45, 2.75) is 12.8 Å². The van der Waals surface area contributed by atoms with Crippen molar-refractivity contribution in [3.8, 4) is 0 Å². The Bertz CT molecular complexity index is 598. The van der Waals surface area contributed by atoms with Crippen LogP contribution < -0.4 is 0 Å². The van der Waals surface area contributed by atoms with Crippen LogP contribution in [0.5, 0.6) is 0 Å². The molecule has 3 rings (SSSR count). The fourth-order valence-electron chi connectivity index (χ4n) is 2.49. The van der Waals surface area contributed by atoms with Gasteiger partial charge in [0.25, 0.3) is 0 Å². The predicted molar refractivity (Wildman–Crippen MR) is 70.9 cm³/mol. The standard InChI is InChI=1S/C13H14ClN3O2/c14-7-9-6-12(18)17(8-9)5-4-10-2-1-3-11-13(10)16-19-15-11/h1-3,9H,4-8H2. The maximum Gasteiger partial charge on any atom is 0.222 e. The molecule has 19 heavy (non-hydrogen) atoms. The van der Waals surface area contributed by atoms with E-state index in [1.165, 1.54) is 0 Å². The lowest BCUT2D eigenvalue weighted by Crippen LogP contribution is -2.27. The molecule has 2 aromatic rings. The largest absolute Gasteiger partial charge is 0.342 e. The van der Waals surface area contributed by atoms with Gasteiger partial charge in [-0.1, -0.05) is 12.1 Å². The first-order valence-electron chi connectivity index (χ1n) is 6.32. The molecule has 0 radical (unpaired) electrons. The van der Waals surface area contributed by atoms with E-state index in [0.717, 1.165) is 29.6 Å². The summed E-state index contributed by atoms with van der Waals surface area (Å²) in [4.78, 5) is 13.7. The molecule has 0 N–H and O–H groups in total. The molecule has 1 aromatic carbocycles. The van der Waals surface area contributed by atoms with E-state index in [-0.39, 0.29) is 5.91 Å². The van der Waals surface area contributed by atoms with Gasteiger partial charge in [0, 0.05) is 25.4 Å². The van der Waals surface area contributed by atoms with Crippen LogP contribution in [0.15, 0.2) is 22.8 Å². The lowest BCUT2D eigenvalue weighted by Gasteiger charge is -2.16. The fourth-order valence-corrected chi connectivity index (χ4v) is 2.70. The number of benzene rings is 1. The number of amides is 1. The molecule has 1 amide bonds. The van der Waals surface area contributed by atoms with Gasteiger partial charge in [-0.25, -0.2) is 4.63 Å². The van der Waals surface area contributed by atoms with Gasteiger partial charge in [0.1, 0.15) is 11.0 Å². The van der Waals surface area contributed by atoms with Crippen LogP contribution in [0.4, 0.5) is 0 Å². The number of aromatic nitrogens is 2. The summed E-state index contributed by atoms with van der Waals surface area (Å²) in [6.45, 7) is 1.45. The monoisotopic (exact) mass is 279 g/mol. The maximum atomic E-state index is 11.8. The molecule has 6 heteroatoms. The molecule has 2 heterocycles. The summed E-state index contributed by atoms with van der Waals surface area (Å²) in [5.74, 6) is 1.03. The lowest BCUT2D eigenvalue weighted by atomic mass is 10.1. The number of halogens is 1. The summed E-state index contributed by atoms with van der Waals surface area (Å²) in [6.07, 6.45) is 1.32. The van der Waals surface area contributed by atoms with Gasteiger partial charge < -0.3 is 4.90 Å². The average Bonchev–Trinajstić information content (AvgIpc) is 3.02. The van der Waals surface area contributed by atoms with Crippen molar-refractivity contribution >= 4 is 28.5 Å². The van der Waals surface area contributed by atoms with Gasteiger partial charge >= 0.3 is 0 Å². The topological polar surface area (TPSA) is 59.2 Å². The second kappa shape index (κ2) is 5.17. The number of carbonyl (C=O) groups excluding carboxylic acids is 1. The number of alkyl halides is 1. The van der Waals surface area contributed by atoms with Crippen molar-refractivity contribution in [2.24, 2.45) is 5.92 Å². The third-order valence-corrected chi connectivity index (χ3v) is 3.97. The highest BCUT2D eigenvalue weighted by molar-refractivity contribution is 6.18. The number of fused-ring (bicyclic) bond motifs is 1. The van der Waals surface area contributed by atoms with Crippen LogP contribution in [-0.2, 0) is 11.2 Å². The molecule has 0 saturated carbocycles. The van der Waals surface area contributed by atoms with Gasteiger partial charge in [-0.05, 0) is 34.3 Å². The smallest absolute Gasteiger partial charge is 0.222 e. The van der Waals surface area contributed by atoms with Gasteiger partial charge in [0.05, 0.1) is 0 Å². The minimum Gasteiger partial charge on any atom is -0.342 e. The van der Waals surface area contributed by atoms with Crippen molar-refractivity contribution in [3.63, 3.8) is 0 Å². The van der Waals surface area contributed by atoms with Crippen LogP contribution in [0.3, 0.4) is 0 Å². The molecule has 1 aliphatic heterocycles. The zero-order chi connectivity index (χ0) is 13.2. The summed E-state index contributed by atoms with van der Waals surface area (Å²) in [7, 11) is 0. The summed E-state index contributed by atoms with van der Waals surface area (Å²) in [5, 5.41) is 7.72. The third kappa shape index (κ3) is 2.42. The first-order chi connectivity index (χ1) is 9.28. The van der Waals surface area contributed by atoms with Crippen LogP contribution in [0.25, 0.3) is 11.0 Å². The average molecular weight is 280 g/mol. The molecule has 5 nitrogen and oxygen atoms in total. The second-order valence-electron chi connectivity index (χ2n) is 4.86. The minimum absolute atomic E-state index is 0.191. The number of rotatable bonds is 4. The molecular formula is C13H14ClN3O2. The fraction of sp³-hybridized carbons (Fsp3) is 0.462. The van der Waals surface area contributed by atoms with Crippen LogP contribution in [-0.4, -0.2) is 40.1 Å². The number of hydrogen-bond donors (Lipinski definition) is 0. The molecule has 0 spiro atoms. The summed E-state index contributed by atoms with van der Waals surface area (Å²) in [5.41, 5.74) is 2.59. The molecule has 1 aliphatic rings. The Kier molecular flexibility index (Phi) is 3.38. The first-order valence-corrected chi connectivity index (χ1v) is 6.85. The van der Waals surface area contributed by atoms with Gasteiger partial charge in [0.2, 0.25) is 5.91 Å². The normalized spacial score (nSPS) is 19.5. The van der Waals surface area contributed by atoms with Gasteiger partial charge in [-0.2, -0.15) is 0 Å². The highest BCUT2D eigenvalue weighted by atomic mass is 35.5. The zero-order valence-electron chi connectivity index (χ0n) is 10.4. The van der Waals surface area contributed by atoms with Crippen molar-refractivity contribution in [3.05, 3.63) is 23.8 Å². The van der Waals surface area contributed by atoms with E-state index in [9.17, 15) is 4.79 Å². The van der Waals surface area contributed by atoms with Gasteiger partial charge in [-0.15, -0.1) is 11.6 Å². The Balaban J connectivity index is 1.69. The number of carbonyl (C=O) groups is 1. The van der Waals surface area contributed by atoms with Crippen LogP contribution in [0.1, 0.15) is 12.0 Å². The quantitative estimate of drug-likeness (QED) is 0.802. The van der Waals surface area contributed by atoms with Crippen LogP contribution >= 0.6 is 11.6 Å². The van der Waals surface area contributed by atoms with Gasteiger partial charge in [0.15, 0.2) is 0 Å². The van der Waals surface area contributed by atoms with E-state index in [4.69, 9.17) is 16.2 Å². The molecule has 1 aromatic heterocycles. The lowest BCUT2D eigenvalue weighted by molar-refractivity contribution is -0.127. The van der Waals surface area contributed by atoms with E-state index >= 15 is 0 Å². The van der Waals surface area contributed by atoms with Crippen molar-refractivity contribution in [1.29, 1.82) is 0 Å². The molecule has 1 saturated heterocycles. The number of likely N-dealkylation sites (tertiary alicyclic amines) is 1. The molecule has 1 atom stereocenters. The molecule has 0 aliphatic carbocycles. The van der Waals surface area contributed by atoms with Crippen LogP contribution in [0.2, 0.25) is 0 Å². The Morgan fingerprint density at radius 1 is 1.42 bits per heavy atom. The highest BCUT2D eigenvalue weighted by Gasteiger charge is 2.28. The zero-order valence-corrected chi connectivity index (χ0v) is 11.1. The summed E-state index contributed by atoms with van der Waals surface area (Å²) >= 11 is 5.81. The second-order valence-corrected chi connectivity index (χ2v) is 5.17. The van der Waals surface area contributed by atoms with Crippen LogP contribution in [0, 0.1) is 5.92 Å². The van der Waals surface area contributed by atoms with Gasteiger partial charge in [-0.3, -0.25) is 4.79 Å². The molecular weight excluding hydrogens is 266 g/mol. The maximum absolute atomic E-state index is 11.8. The third-order valence-electron chi connectivity index (χ3n) is 3.53.